The Labute approximate surface area is 167 Å². The van der Waals surface area contributed by atoms with Crippen LogP contribution in [0.3, 0.4) is 0 Å². The fourth-order valence-corrected chi connectivity index (χ4v) is 2.07. The number of rotatable bonds is 14. The van der Waals surface area contributed by atoms with Crippen molar-refractivity contribution in [3.63, 3.8) is 0 Å². The molecule has 8 nitrogen and oxygen atoms in total. The first kappa shape index (κ1) is 25.1. The molecule has 0 aliphatic rings. The van der Waals surface area contributed by atoms with Crippen LogP contribution in [0.2, 0.25) is 0 Å². The molecule has 8 heteroatoms. The van der Waals surface area contributed by atoms with E-state index in [0.717, 1.165) is 0 Å². The summed E-state index contributed by atoms with van der Waals surface area (Å²) in [6, 6.07) is -0.809. The summed E-state index contributed by atoms with van der Waals surface area (Å²) in [5.74, 6) is 4.39. The van der Waals surface area contributed by atoms with Crippen molar-refractivity contribution in [2.75, 3.05) is 26.4 Å². The van der Waals surface area contributed by atoms with Crippen molar-refractivity contribution in [3.8, 4) is 24.7 Å². The van der Waals surface area contributed by atoms with Gasteiger partial charge in [0.2, 0.25) is 0 Å². The van der Waals surface area contributed by atoms with Gasteiger partial charge in [0.05, 0.1) is 19.8 Å². The summed E-state index contributed by atoms with van der Waals surface area (Å²) < 4.78 is 14.9. The molecule has 1 atom stereocenters. The first-order valence-corrected chi connectivity index (χ1v) is 9.42. The Kier molecular flexibility index (Phi) is 15.7. The van der Waals surface area contributed by atoms with Crippen molar-refractivity contribution in [1.29, 1.82) is 0 Å². The highest BCUT2D eigenvalue weighted by atomic mass is 16.6. The minimum Gasteiger partial charge on any atom is -0.464 e. The first-order valence-electron chi connectivity index (χ1n) is 9.42. The highest BCUT2D eigenvalue weighted by Crippen LogP contribution is 2.04. The minimum absolute atomic E-state index is 0.180. The quantitative estimate of drug-likeness (QED) is 0.203. The maximum atomic E-state index is 12.0. The summed E-state index contributed by atoms with van der Waals surface area (Å²) in [6.07, 6.45) is 12.8. The van der Waals surface area contributed by atoms with E-state index in [0.29, 0.717) is 51.5 Å². The smallest absolute Gasteiger partial charge is 0.407 e. The van der Waals surface area contributed by atoms with Crippen LogP contribution in [-0.4, -0.2) is 50.6 Å². The molecule has 0 aromatic rings. The number of amides is 2. The van der Waals surface area contributed by atoms with Crippen LogP contribution in [0, 0.1) is 24.7 Å². The Morgan fingerprint density at radius 3 is 2.07 bits per heavy atom. The molecule has 0 aromatic carbocycles. The summed E-state index contributed by atoms with van der Waals surface area (Å²) >= 11 is 0. The fraction of sp³-hybridized carbons (Fsp3) is 0.650. The van der Waals surface area contributed by atoms with Crippen LogP contribution in [0.1, 0.15) is 51.9 Å². The molecule has 0 rings (SSSR count). The number of nitrogens with one attached hydrogen (secondary N) is 2. The van der Waals surface area contributed by atoms with E-state index in [1.807, 2.05) is 0 Å². The van der Waals surface area contributed by atoms with Gasteiger partial charge in [-0.3, -0.25) is 0 Å². The van der Waals surface area contributed by atoms with Crippen molar-refractivity contribution >= 4 is 18.2 Å². The van der Waals surface area contributed by atoms with Crippen LogP contribution in [0.4, 0.5) is 9.59 Å². The molecule has 0 bridgehead atoms. The summed E-state index contributed by atoms with van der Waals surface area (Å²) in [5, 5.41) is 5.11. The van der Waals surface area contributed by atoms with E-state index in [1.165, 1.54) is 0 Å². The lowest BCUT2D eigenvalue weighted by molar-refractivity contribution is -0.145. The molecule has 0 saturated heterocycles. The zero-order valence-corrected chi connectivity index (χ0v) is 16.5. The minimum atomic E-state index is -0.809. The van der Waals surface area contributed by atoms with Gasteiger partial charge in [0.25, 0.3) is 0 Å². The second-order valence-corrected chi connectivity index (χ2v) is 5.76. The van der Waals surface area contributed by atoms with E-state index in [9.17, 15) is 14.4 Å². The largest absolute Gasteiger partial charge is 0.464 e. The molecule has 0 saturated carbocycles. The summed E-state index contributed by atoms with van der Waals surface area (Å²) in [4.78, 5) is 35.2. The Morgan fingerprint density at radius 1 is 0.893 bits per heavy atom. The van der Waals surface area contributed by atoms with Gasteiger partial charge in [-0.2, -0.15) is 0 Å². The third kappa shape index (κ3) is 14.3. The van der Waals surface area contributed by atoms with Crippen molar-refractivity contribution in [3.05, 3.63) is 0 Å². The van der Waals surface area contributed by atoms with Crippen LogP contribution in [0.25, 0.3) is 0 Å². The zero-order valence-electron chi connectivity index (χ0n) is 16.5. The summed E-state index contributed by atoms with van der Waals surface area (Å²) in [5.41, 5.74) is 0. The lowest BCUT2D eigenvalue weighted by Gasteiger charge is -2.17. The molecule has 0 aromatic heterocycles. The number of hydrogen-bond acceptors (Lipinski definition) is 6. The van der Waals surface area contributed by atoms with Crippen molar-refractivity contribution in [2.45, 2.75) is 57.9 Å². The standard InChI is InChI=1S/C20H30N2O6/c1-4-7-11-15-27-19(24)21-14-10-9-13-17(18(23)26-6-3)22-20(25)28-16-12-8-5-2/h1-2,17H,6-16H2,3H3,(H,21,24)(H,22,25)/t17-/m0/s1. The van der Waals surface area contributed by atoms with Gasteiger partial charge in [0.1, 0.15) is 6.04 Å². The van der Waals surface area contributed by atoms with Gasteiger partial charge < -0.3 is 24.8 Å². The van der Waals surface area contributed by atoms with Gasteiger partial charge in [-0.25, -0.2) is 14.4 Å². The number of alkyl carbamates (subject to hydrolysis) is 2. The van der Waals surface area contributed by atoms with Crippen LogP contribution < -0.4 is 10.6 Å². The topological polar surface area (TPSA) is 103 Å². The van der Waals surface area contributed by atoms with E-state index in [2.05, 4.69) is 22.5 Å². The molecule has 0 heterocycles. The highest BCUT2D eigenvalue weighted by molar-refractivity contribution is 5.81. The Hall–Kier alpha value is -2.87. The number of esters is 1. The predicted octanol–water partition coefficient (Wildman–Crippen LogP) is 2.37. The van der Waals surface area contributed by atoms with Crippen LogP contribution in [0.5, 0.6) is 0 Å². The molecule has 0 fully saturated rings. The highest BCUT2D eigenvalue weighted by Gasteiger charge is 2.22. The maximum Gasteiger partial charge on any atom is 0.407 e. The van der Waals surface area contributed by atoms with Crippen molar-refractivity contribution in [1.82, 2.24) is 10.6 Å². The molecular formula is C20H30N2O6. The average Bonchev–Trinajstić information content (AvgIpc) is 2.67. The Bertz CT molecular complexity index is 550. The van der Waals surface area contributed by atoms with Gasteiger partial charge >= 0.3 is 18.2 Å². The number of terminal acetylenes is 2. The maximum absolute atomic E-state index is 12.0. The molecular weight excluding hydrogens is 364 g/mol. The molecule has 2 N–H and O–H groups in total. The Morgan fingerprint density at radius 2 is 1.50 bits per heavy atom. The van der Waals surface area contributed by atoms with Crippen molar-refractivity contribution < 1.29 is 28.6 Å². The predicted molar refractivity (Wildman–Crippen MR) is 104 cm³/mol. The lowest BCUT2D eigenvalue weighted by Crippen LogP contribution is -2.42. The molecule has 0 aliphatic carbocycles. The van der Waals surface area contributed by atoms with E-state index >= 15 is 0 Å². The molecule has 156 valence electrons. The molecule has 0 aliphatic heterocycles. The molecule has 0 spiro atoms. The molecule has 28 heavy (non-hydrogen) atoms. The normalized spacial score (nSPS) is 10.7. The van der Waals surface area contributed by atoms with Gasteiger partial charge in [-0.15, -0.1) is 24.7 Å². The number of ether oxygens (including phenoxy) is 3. The Balaban J connectivity index is 4.10. The number of hydrogen-bond donors (Lipinski definition) is 2. The number of carbonyl (C=O) groups is 3. The van der Waals surface area contributed by atoms with Gasteiger partial charge in [0, 0.05) is 19.4 Å². The zero-order chi connectivity index (χ0) is 21.0. The first-order chi connectivity index (χ1) is 13.5. The average molecular weight is 394 g/mol. The van der Waals surface area contributed by atoms with E-state index in [-0.39, 0.29) is 19.8 Å². The second-order valence-electron chi connectivity index (χ2n) is 5.76. The van der Waals surface area contributed by atoms with E-state index < -0.39 is 24.2 Å². The van der Waals surface area contributed by atoms with Gasteiger partial charge in [-0.05, 0) is 39.0 Å². The molecule has 2 amide bonds. The third-order valence-electron chi connectivity index (χ3n) is 3.45. The molecule has 0 radical (unpaired) electrons. The monoisotopic (exact) mass is 394 g/mol. The van der Waals surface area contributed by atoms with Gasteiger partial charge in [0.15, 0.2) is 0 Å². The number of unbranched alkanes of at least 4 members (excludes halogenated alkanes) is 3. The van der Waals surface area contributed by atoms with Crippen molar-refractivity contribution in [2.24, 2.45) is 0 Å². The second kappa shape index (κ2) is 17.5. The molecule has 0 unspecified atom stereocenters. The summed E-state index contributed by atoms with van der Waals surface area (Å²) in [7, 11) is 0. The van der Waals surface area contributed by atoms with Crippen LogP contribution in [-0.2, 0) is 19.0 Å². The third-order valence-corrected chi connectivity index (χ3v) is 3.45. The van der Waals surface area contributed by atoms with E-state index in [4.69, 9.17) is 27.1 Å². The fourth-order valence-electron chi connectivity index (χ4n) is 2.07. The van der Waals surface area contributed by atoms with Gasteiger partial charge in [-0.1, -0.05) is 0 Å². The summed E-state index contributed by atoms with van der Waals surface area (Å²) in [6.45, 7) is 2.74. The van der Waals surface area contributed by atoms with Crippen LogP contribution in [0.15, 0.2) is 0 Å². The number of carbonyl (C=O) groups excluding carboxylic acids is 3. The van der Waals surface area contributed by atoms with E-state index in [1.54, 1.807) is 6.92 Å². The SMILES string of the molecule is C#CCCCOC(=O)NCCCC[C@H](NC(=O)OCCCC#C)C(=O)OCC. The lowest BCUT2D eigenvalue weighted by atomic mass is 10.1. The van der Waals surface area contributed by atoms with Crippen LogP contribution >= 0.6 is 0 Å².